The molecule has 2 aromatic carbocycles. The summed E-state index contributed by atoms with van der Waals surface area (Å²) in [5.74, 6) is 0.804. The number of halogens is 2. The van der Waals surface area contributed by atoms with Gasteiger partial charge in [0.25, 0.3) is 0 Å². The molecule has 0 aliphatic heterocycles. The Morgan fingerprint density at radius 2 is 1.85 bits per heavy atom. The molecule has 0 fully saturated rings. The highest BCUT2D eigenvalue weighted by Crippen LogP contribution is 2.33. The van der Waals surface area contributed by atoms with Gasteiger partial charge in [-0.2, -0.15) is 0 Å². The molecule has 0 aliphatic carbocycles. The summed E-state index contributed by atoms with van der Waals surface area (Å²) < 4.78 is 11.3. The molecule has 2 rings (SSSR count). The topological polar surface area (TPSA) is 35.5 Å². The number of rotatable bonds is 4. The SMILES string of the molecule is COc1cccc(C(=O)c2cc(Cl)ccc2I)c1OC. The molecule has 3 nitrogen and oxygen atoms in total. The maximum atomic E-state index is 12.7. The van der Waals surface area contributed by atoms with E-state index in [-0.39, 0.29) is 5.78 Å². The zero-order chi connectivity index (χ0) is 14.7. The largest absolute Gasteiger partial charge is 0.493 e. The van der Waals surface area contributed by atoms with Crippen molar-refractivity contribution in [1.82, 2.24) is 0 Å². The predicted molar refractivity (Wildman–Crippen MR) is 87.1 cm³/mol. The lowest BCUT2D eigenvalue weighted by atomic mass is 10.0. The molecule has 0 saturated heterocycles. The van der Waals surface area contributed by atoms with Crippen molar-refractivity contribution in [3.63, 3.8) is 0 Å². The minimum Gasteiger partial charge on any atom is -0.493 e. The second kappa shape index (κ2) is 6.45. The third-order valence-corrected chi connectivity index (χ3v) is 4.00. The first kappa shape index (κ1) is 15.1. The molecule has 0 atom stereocenters. The zero-order valence-corrected chi connectivity index (χ0v) is 13.9. The number of benzene rings is 2. The van der Waals surface area contributed by atoms with Crippen molar-refractivity contribution in [3.8, 4) is 11.5 Å². The summed E-state index contributed by atoms with van der Waals surface area (Å²) in [6.07, 6.45) is 0. The van der Waals surface area contributed by atoms with E-state index in [4.69, 9.17) is 21.1 Å². The van der Waals surface area contributed by atoms with Crippen LogP contribution in [0.2, 0.25) is 5.02 Å². The Balaban J connectivity index is 2.56. The Bertz CT molecular complexity index is 656. The fourth-order valence-electron chi connectivity index (χ4n) is 1.88. The van der Waals surface area contributed by atoms with Crippen molar-refractivity contribution < 1.29 is 14.3 Å². The highest BCUT2D eigenvalue weighted by Gasteiger charge is 2.20. The van der Waals surface area contributed by atoms with Crippen LogP contribution in [0, 0.1) is 3.57 Å². The molecular weight excluding hydrogens is 391 g/mol. The van der Waals surface area contributed by atoms with Crippen LogP contribution in [0.1, 0.15) is 15.9 Å². The van der Waals surface area contributed by atoms with Gasteiger partial charge in [0, 0.05) is 14.2 Å². The molecule has 5 heteroatoms. The van der Waals surface area contributed by atoms with E-state index < -0.39 is 0 Å². The summed E-state index contributed by atoms with van der Waals surface area (Å²) >= 11 is 8.08. The monoisotopic (exact) mass is 402 g/mol. The van der Waals surface area contributed by atoms with Gasteiger partial charge in [0.15, 0.2) is 17.3 Å². The summed E-state index contributed by atoms with van der Waals surface area (Å²) in [5, 5.41) is 0.524. The van der Waals surface area contributed by atoms with Gasteiger partial charge >= 0.3 is 0 Å². The van der Waals surface area contributed by atoms with Crippen LogP contribution in [-0.2, 0) is 0 Å². The normalized spacial score (nSPS) is 10.2. The van der Waals surface area contributed by atoms with Gasteiger partial charge in [0.1, 0.15) is 0 Å². The van der Waals surface area contributed by atoms with Crippen LogP contribution < -0.4 is 9.47 Å². The Labute approximate surface area is 136 Å². The lowest BCUT2D eigenvalue weighted by Crippen LogP contribution is -2.07. The van der Waals surface area contributed by atoms with E-state index in [2.05, 4.69) is 22.6 Å². The van der Waals surface area contributed by atoms with Crippen LogP contribution in [-0.4, -0.2) is 20.0 Å². The molecule has 0 N–H and O–H groups in total. The number of carbonyl (C=O) groups excluding carboxylic acids is 1. The second-order valence-electron chi connectivity index (χ2n) is 3.99. The zero-order valence-electron chi connectivity index (χ0n) is 10.9. The number of methoxy groups -OCH3 is 2. The molecule has 0 amide bonds. The summed E-state index contributed by atoms with van der Waals surface area (Å²) in [6.45, 7) is 0. The first-order valence-corrected chi connectivity index (χ1v) is 7.25. The van der Waals surface area contributed by atoms with Gasteiger partial charge in [-0.05, 0) is 52.9 Å². The smallest absolute Gasteiger partial charge is 0.198 e. The van der Waals surface area contributed by atoms with Crippen LogP contribution in [0.5, 0.6) is 11.5 Å². The van der Waals surface area contributed by atoms with Crippen molar-refractivity contribution in [3.05, 3.63) is 56.1 Å². The molecule has 0 bridgehead atoms. The van der Waals surface area contributed by atoms with Gasteiger partial charge in [-0.3, -0.25) is 4.79 Å². The number of hydrogen-bond donors (Lipinski definition) is 0. The van der Waals surface area contributed by atoms with Gasteiger partial charge in [-0.15, -0.1) is 0 Å². The van der Waals surface area contributed by atoms with Crippen LogP contribution in [0.4, 0.5) is 0 Å². The van der Waals surface area contributed by atoms with E-state index in [1.807, 2.05) is 6.07 Å². The lowest BCUT2D eigenvalue weighted by Gasteiger charge is -2.12. The number of ether oxygens (including phenoxy) is 2. The van der Waals surface area contributed by atoms with Crippen molar-refractivity contribution in [1.29, 1.82) is 0 Å². The highest BCUT2D eigenvalue weighted by atomic mass is 127. The molecule has 0 saturated carbocycles. The summed E-state index contributed by atoms with van der Waals surface area (Å²) in [5.41, 5.74) is 0.997. The molecule has 0 heterocycles. The molecule has 0 unspecified atom stereocenters. The van der Waals surface area contributed by atoms with Crippen LogP contribution in [0.15, 0.2) is 36.4 Å². The first-order valence-electron chi connectivity index (χ1n) is 5.79. The van der Waals surface area contributed by atoms with Gasteiger partial charge in [-0.25, -0.2) is 0 Å². The minimum atomic E-state index is -0.146. The van der Waals surface area contributed by atoms with Crippen LogP contribution >= 0.6 is 34.2 Å². The molecule has 0 radical (unpaired) electrons. The summed E-state index contributed by atoms with van der Waals surface area (Å²) in [6, 6.07) is 10.4. The number of carbonyl (C=O) groups is 1. The van der Waals surface area contributed by atoms with Crippen molar-refractivity contribution in [2.45, 2.75) is 0 Å². The summed E-state index contributed by atoms with van der Waals surface area (Å²) in [7, 11) is 3.05. The van der Waals surface area contributed by atoms with E-state index in [9.17, 15) is 4.79 Å². The third kappa shape index (κ3) is 2.91. The van der Waals surface area contributed by atoms with Crippen molar-refractivity contribution in [2.24, 2.45) is 0 Å². The van der Waals surface area contributed by atoms with Crippen molar-refractivity contribution >= 4 is 40.0 Å². The minimum absolute atomic E-state index is 0.146. The van der Waals surface area contributed by atoms with E-state index in [0.717, 1.165) is 3.57 Å². The van der Waals surface area contributed by atoms with Crippen LogP contribution in [0.25, 0.3) is 0 Å². The maximum absolute atomic E-state index is 12.7. The highest BCUT2D eigenvalue weighted by molar-refractivity contribution is 14.1. The fraction of sp³-hybridized carbons (Fsp3) is 0.133. The van der Waals surface area contributed by atoms with Gasteiger partial charge in [-0.1, -0.05) is 17.7 Å². The maximum Gasteiger partial charge on any atom is 0.198 e. The average molecular weight is 403 g/mol. The van der Waals surface area contributed by atoms with Gasteiger partial charge in [0.2, 0.25) is 0 Å². The summed E-state index contributed by atoms with van der Waals surface area (Å²) in [4.78, 5) is 12.7. The Morgan fingerprint density at radius 1 is 1.10 bits per heavy atom. The quantitative estimate of drug-likeness (QED) is 0.568. The molecule has 0 aliphatic rings. The Kier molecular flexibility index (Phi) is 4.88. The standard InChI is InChI=1S/C15H12ClIO3/c1-19-13-5-3-4-10(15(13)20-2)14(18)11-8-9(16)6-7-12(11)17/h3-8H,1-2H3. The number of hydrogen-bond acceptors (Lipinski definition) is 3. The van der Waals surface area contributed by atoms with E-state index in [1.54, 1.807) is 30.3 Å². The average Bonchev–Trinajstić information content (AvgIpc) is 2.48. The molecule has 104 valence electrons. The third-order valence-electron chi connectivity index (χ3n) is 2.82. The second-order valence-corrected chi connectivity index (χ2v) is 5.59. The predicted octanol–water partition coefficient (Wildman–Crippen LogP) is 4.19. The molecular formula is C15H12ClIO3. The first-order chi connectivity index (χ1) is 9.58. The van der Waals surface area contributed by atoms with Gasteiger partial charge in [0.05, 0.1) is 19.8 Å². The molecule has 2 aromatic rings. The Morgan fingerprint density at radius 3 is 2.50 bits per heavy atom. The van der Waals surface area contributed by atoms with E-state index in [0.29, 0.717) is 27.6 Å². The molecule has 0 aromatic heterocycles. The van der Waals surface area contributed by atoms with Gasteiger partial charge < -0.3 is 9.47 Å². The fourth-order valence-corrected chi connectivity index (χ4v) is 2.64. The van der Waals surface area contributed by atoms with Crippen LogP contribution in [0.3, 0.4) is 0 Å². The number of ketones is 1. The Hall–Kier alpha value is -1.27. The van der Waals surface area contributed by atoms with Crippen molar-refractivity contribution in [2.75, 3.05) is 14.2 Å². The molecule has 20 heavy (non-hydrogen) atoms. The molecule has 0 spiro atoms. The van der Waals surface area contributed by atoms with E-state index in [1.165, 1.54) is 14.2 Å². The lowest BCUT2D eigenvalue weighted by molar-refractivity contribution is 0.103. The van der Waals surface area contributed by atoms with E-state index >= 15 is 0 Å². The number of para-hydroxylation sites is 1.